The minimum Gasteiger partial charge on any atom is -0.398 e. The third-order valence-corrected chi connectivity index (χ3v) is 5.36. The molecule has 7 heteroatoms. The van der Waals surface area contributed by atoms with E-state index in [0.717, 1.165) is 32.0 Å². The van der Waals surface area contributed by atoms with Crippen LogP contribution >= 0.6 is 0 Å². The first kappa shape index (κ1) is 16.2. The summed E-state index contributed by atoms with van der Waals surface area (Å²) in [5.74, 6) is -0.320. The summed E-state index contributed by atoms with van der Waals surface area (Å²) in [4.78, 5) is 2.07. The topological polar surface area (TPSA) is 75.4 Å². The van der Waals surface area contributed by atoms with E-state index in [2.05, 4.69) is 9.62 Å². The quantitative estimate of drug-likeness (QED) is 0.822. The van der Waals surface area contributed by atoms with E-state index in [1.54, 1.807) is 0 Å². The van der Waals surface area contributed by atoms with Crippen LogP contribution in [0.1, 0.15) is 18.4 Å². The Labute approximate surface area is 125 Å². The van der Waals surface area contributed by atoms with Crippen LogP contribution in [-0.4, -0.2) is 40.0 Å². The van der Waals surface area contributed by atoms with Crippen LogP contribution in [0, 0.1) is 18.7 Å². The molecule has 1 fully saturated rings. The Morgan fingerprint density at radius 3 is 2.81 bits per heavy atom. The second kappa shape index (κ2) is 6.29. The molecule has 0 saturated carbocycles. The molecule has 0 bridgehead atoms. The van der Waals surface area contributed by atoms with Crippen molar-refractivity contribution in [3.63, 3.8) is 0 Å². The van der Waals surface area contributed by atoms with Gasteiger partial charge in [0.15, 0.2) is 0 Å². The van der Waals surface area contributed by atoms with Crippen molar-refractivity contribution in [1.82, 2.24) is 9.62 Å². The molecule has 0 amide bonds. The van der Waals surface area contributed by atoms with Gasteiger partial charge in [-0.1, -0.05) is 0 Å². The molecule has 5 nitrogen and oxygen atoms in total. The van der Waals surface area contributed by atoms with Crippen LogP contribution in [0.15, 0.2) is 17.0 Å². The first-order chi connectivity index (χ1) is 9.79. The largest absolute Gasteiger partial charge is 0.398 e. The Balaban J connectivity index is 2.08. The molecule has 1 saturated heterocycles. The van der Waals surface area contributed by atoms with E-state index in [-0.39, 0.29) is 22.1 Å². The van der Waals surface area contributed by atoms with Crippen LogP contribution in [-0.2, 0) is 10.0 Å². The molecule has 0 radical (unpaired) electrons. The van der Waals surface area contributed by atoms with E-state index in [9.17, 15) is 12.8 Å². The summed E-state index contributed by atoms with van der Waals surface area (Å²) in [7, 11) is -1.70. The summed E-state index contributed by atoms with van der Waals surface area (Å²) in [5, 5.41) is 0. The fourth-order valence-corrected chi connectivity index (χ4v) is 3.74. The molecule has 3 N–H and O–H groups in total. The van der Waals surface area contributed by atoms with Crippen molar-refractivity contribution in [1.29, 1.82) is 0 Å². The maximum Gasteiger partial charge on any atom is 0.240 e. The fraction of sp³-hybridized carbons (Fsp3) is 0.571. The predicted octanol–water partition coefficient (Wildman–Crippen LogP) is 1.34. The lowest BCUT2D eigenvalue weighted by Crippen LogP contribution is -2.39. The third-order valence-electron chi connectivity index (χ3n) is 3.95. The Morgan fingerprint density at radius 2 is 2.19 bits per heavy atom. The lowest BCUT2D eigenvalue weighted by Gasteiger charge is -2.29. The summed E-state index contributed by atoms with van der Waals surface area (Å²) >= 11 is 0. The van der Waals surface area contributed by atoms with Gasteiger partial charge in [-0.05, 0) is 51.4 Å². The molecule has 1 aliphatic heterocycles. The van der Waals surface area contributed by atoms with Crippen LogP contribution in [0.5, 0.6) is 0 Å². The Hall–Kier alpha value is -1.18. The average Bonchev–Trinajstić information content (AvgIpc) is 2.42. The van der Waals surface area contributed by atoms with E-state index in [4.69, 9.17) is 5.73 Å². The number of sulfonamides is 1. The molecular formula is C14H22FN3O2S. The van der Waals surface area contributed by atoms with Gasteiger partial charge >= 0.3 is 0 Å². The Bertz CT molecular complexity index is 596. The van der Waals surface area contributed by atoms with Crippen molar-refractivity contribution in [3.8, 4) is 0 Å². The highest BCUT2D eigenvalue weighted by Gasteiger charge is 2.22. The first-order valence-corrected chi connectivity index (χ1v) is 8.52. The molecule has 21 heavy (non-hydrogen) atoms. The van der Waals surface area contributed by atoms with Crippen molar-refractivity contribution in [2.75, 3.05) is 32.4 Å². The maximum atomic E-state index is 13.6. The van der Waals surface area contributed by atoms with Crippen molar-refractivity contribution < 1.29 is 12.8 Å². The number of rotatable bonds is 4. The van der Waals surface area contributed by atoms with Crippen LogP contribution in [0.3, 0.4) is 0 Å². The molecule has 118 valence electrons. The summed E-state index contributed by atoms with van der Waals surface area (Å²) in [6.45, 7) is 3.80. The summed E-state index contributed by atoms with van der Waals surface area (Å²) in [6.07, 6.45) is 2.06. The van der Waals surface area contributed by atoms with Crippen molar-refractivity contribution >= 4 is 15.7 Å². The van der Waals surface area contributed by atoms with Crippen LogP contribution in [0.2, 0.25) is 0 Å². The lowest BCUT2D eigenvalue weighted by atomic mass is 9.99. The van der Waals surface area contributed by atoms with Gasteiger partial charge in [-0.25, -0.2) is 17.5 Å². The van der Waals surface area contributed by atoms with Gasteiger partial charge in [0.25, 0.3) is 0 Å². The predicted molar refractivity (Wildman–Crippen MR) is 81.0 cm³/mol. The minimum absolute atomic E-state index is 0.118. The van der Waals surface area contributed by atoms with E-state index in [1.807, 2.05) is 7.05 Å². The molecule has 0 aliphatic carbocycles. The molecule has 1 heterocycles. The van der Waals surface area contributed by atoms with Crippen molar-refractivity contribution in [3.05, 3.63) is 23.5 Å². The van der Waals surface area contributed by atoms with Gasteiger partial charge in [0.2, 0.25) is 10.0 Å². The van der Waals surface area contributed by atoms with Gasteiger partial charge in [-0.3, -0.25) is 0 Å². The number of benzene rings is 1. The van der Waals surface area contributed by atoms with Gasteiger partial charge in [-0.15, -0.1) is 0 Å². The number of piperidine rings is 1. The number of nitrogen functional groups attached to an aromatic ring is 1. The highest BCUT2D eigenvalue weighted by Crippen LogP contribution is 2.21. The molecule has 1 unspecified atom stereocenters. The highest BCUT2D eigenvalue weighted by atomic mass is 32.2. The zero-order chi connectivity index (χ0) is 15.6. The van der Waals surface area contributed by atoms with E-state index in [0.29, 0.717) is 6.54 Å². The van der Waals surface area contributed by atoms with Gasteiger partial charge < -0.3 is 10.6 Å². The van der Waals surface area contributed by atoms with Gasteiger partial charge in [0.1, 0.15) is 5.82 Å². The molecule has 1 aliphatic rings. The van der Waals surface area contributed by atoms with Crippen molar-refractivity contribution in [2.24, 2.45) is 5.92 Å². The minimum atomic E-state index is -3.73. The summed E-state index contributed by atoms with van der Waals surface area (Å²) in [6, 6.07) is 2.31. The zero-order valence-electron chi connectivity index (χ0n) is 12.4. The number of likely N-dealkylation sites (tertiary alicyclic amines) is 1. The average molecular weight is 315 g/mol. The van der Waals surface area contributed by atoms with Crippen molar-refractivity contribution in [2.45, 2.75) is 24.7 Å². The van der Waals surface area contributed by atoms with Gasteiger partial charge in [0, 0.05) is 24.3 Å². The second-order valence-corrected chi connectivity index (χ2v) is 7.51. The lowest BCUT2D eigenvalue weighted by molar-refractivity contribution is 0.211. The van der Waals surface area contributed by atoms with Gasteiger partial charge in [-0.2, -0.15) is 0 Å². The molecule has 1 aromatic rings. The molecule has 0 aromatic heterocycles. The number of nitrogens with two attached hydrogens (primary N) is 1. The number of anilines is 1. The number of halogens is 1. The zero-order valence-corrected chi connectivity index (χ0v) is 13.2. The number of hydrogen-bond donors (Lipinski definition) is 2. The molecular weight excluding hydrogens is 293 g/mol. The fourth-order valence-electron chi connectivity index (χ4n) is 2.58. The van der Waals surface area contributed by atoms with Crippen LogP contribution in [0.4, 0.5) is 10.1 Å². The monoisotopic (exact) mass is 315 g/mol. The van der Waals surface area contributed by atoms with E-state index >= 15 is 0 Å². The number of nitrogens with one attached hydrogen (secondary N) is 1. The van der Waals surface area contributed by atoms with Crippen LogP contribution < -0.4 is 10.5 Å². The van der Waals surface area contributed by atoms with E-state index in [1.165, 1.54) is 13.0 Å². The second-order valence-electron chi connectivity index (χ2n) is 5.74. The Morgan fingerprint density at radius 1 is 1.48 bits per heavy atom. The molecule has 0 spiro atoms. The summed E-state index contributed by atoms with van der Waals surface area (Å²) < 4.78 is 40.7. The first-order valence-electron chi connectivity index (χ1n) is 7.03. The van der Waals surface area contributed by atoms with Crippen LogP contribution in [0.25, 0.3) is 0 Å². The van der Waals surface area contributed by atoms with Gasteiger partial charge in [0.05, 0.1) is 4.90 Å². The Kier molecular flexibility index (Phi) is 4.85. The molecule has 1 aromatic carbocycles. The summed E-state index contributed by atoms with van der Waals surface area (Å²) in [5.41, 5.74) is 6.05. The van der Waals surface area contributed by atoms with E-state index < -0.39 is 15.8 Å². The SMILES string of the molecule is Cc1c(N)cc(S(=O)(=O)NCC2CCCN(C)C2)cc1F. The number of nitrogens with zero attached hydrogens (tertiary/aromatic N) is 1. The smallest absolute Gasteiger partial charge is 0.240 e. The molecule has 2 rings (SSSR count). The highest BCUT2D eigenvalue weighted by molar-refractivity contribution is 7.89. The normalized spacial score (nSPS) is 20.6. The third kappa shape index (κ3) is 3.93. The number of hydrogen-bond acceptors (Lipinski definition) is 4. The molecule has 1 atom stereocenters. The maximum absolute atomic E-state index is 13.6. The standard InChI is InChI=1S/C14H22FN3O2S/c1-10-13(15)6-12(7-14(10)16)21(19,20)17-8-11-4-3-5-18(2)9-11/h6-7,11,17H,3-5,8-9,16H2,1-2H3.